The van der Waals surface area contributed by atoms with Gasteiger partial charge in [0.05, 0.1) is 25.3 Å². The molecule has 2 aromatic rings. The van der Waals surface area contributed by atoms with Gasteiger partial charge in [0.2, 0.25) is 5.69 Å². The molecule has 0 saturated heterocycles. The second kappa shape index (κ2) is 17.9. The van der Waals surface area contributed by atoms with Crippen LogP contribution in [0.25, 0.3) is 0 Å². The van der Waals surface area contributed by atoms with E-state index in [1.165, 1.54) is 30.3 Å². The van der Waals surface area contributed by atoms with Gasteiger partial charge in [-0.1, -0.05) is 38.5 Å². The number of carbonyl (C=O) groups is 1. The van der Waals surface area contributed by atoms with Crippen LogP contribution in [-0.2, 0) is 46.0 Å². The van der Waals surface area contributed by atoms with Crippen molar-refractivity contribution in [1.82, 2.24) is 0 Å². The zero-order chi connectivity index (χ0) is 37.3. The number of unbranched alkanes of at least 4 members (excludes halogenated alkanes) is 2. The predicted octanol–water partition coefficient (Wildman–Crippen LogP) is -1.75. The molecule has 0 amide bonds. The quantitative estimate of drug-likeness (QED) is 0.0699. The molecule has 2 aromatic carbocycles. The SMILES string of the molecule is CC1(C)C(/C=C/C=C/C=C2/N(CCCCCC(=O)O)c3ccc(S(=O)(=O)[O-])cc3C2(C)C)=[N+](CCCS(=O)(=O)[O-])c2ccc(S(=O)(=O)[O-])cc21.[Na+].[Na+]. The largest absolute Gasteiger partial charge is 1.00 e. The Labute approximate surface area is 350 Å². The van der Waals surface area contributed by atoms with E-state index in [1.54, 1.807) is 34.9 Å². The van der Waals surface area contributed by atoms with Crippen molar-refractivity contribution >= 4 is 53.4 Å². The molecule has 0 saturated carbocycles. The van der Waals surface area contributed by atoms with Gasteiger partial charge in [0.1, 0.15) is 26.8 Å². The van der Waals surface area contributed by atoms with Gasteiger partial charge >= 0.3 is 65.1 Å². The number of carboxylic acid groups (broad SMARTS) is 1. The number of hydrogen-bond donors (Lipinski definition) is 1. The monoisotopic (exact) mass is 794 g/mol. The summed E-state index contributed by atoms with van der Waals surface area (Å²) in [5.41, 5.74) is 2.53. The van der Waals surface area contributed by atoms with Gasteiger partial charge in [-0.15, -0.1) is 0 Å². The Balaban J connectivity index is 0.00000468. The zero-order valence-electron chi connectivity index (χ0n) is 30.2. The number of fused-ring (bicyclic) bond motifs is 2. The number of hydrogen-bond acceptors (Lipinski definition) is 11. The summed E-state index contributed by atoms with van der Waals surface area (Å²) >= 11 is 0. The standard InChI is InChI=1S/C34H42N2O11S3.2Na/c1-33(2)26-22-24(49(42,43)44)15-17-28(26)35(19-10-6-9-14-32(37)38)30(33)12-7-5-8-13-31-34(3,4)27-23-25(50(45,46)47)16-18-29(27)36(31)20-11-21-48(39,40)41;;/h5,7-8,12-13,15-18,22-23H,6,9-11,14,19-21H2,1-4H3,(H3-,37,38,39,40,41,42,43,44,45,46,47);;/q;2*+1/p-2. The molecule has 2 aliphatic heterocycles. The third kappa shape index (κ3) is 11.0. The van der Waals surface area contributed by atoms with Crippen molar-refractivity contribution < 1.29 is 113 Å². The van der Waals surface area contributed by atoms with Crippen molar-refractivity contribution in [3.8, 4) is 0 Å². The minimum atomic E-state index is -4.74. The van der Waals surface area contributed by atoms with Crippen LogP contribution in [0, 0.1) is 0 Å². The summed E-state index contributed by atoms with van der Waals surface area (Å²) in [6, 6.07) is 8.29. The molecular formula is C34H40N2Na2O11S3. The van der Waals surface area contributed by atoms with Crippen molar-refractivity contribution in [2.75, 3.05) is 23.7 Å². The fourth-order valence-corrected chi connectivity index (χ4v) is 8.06. The van der Waals surface area contributed by atoms with Crippen LogP contribution in [0.4, 0.5) is 11.4 Å². The van der Waals surface area contributed by atoms with Gasteiger partial charge in [0.25, 0.3) is 0 Å². The van der Waals surface area contributed by atoms with E-state index in [0.717, 1.165) is 11.4 Å². The molecule has 2 heterocycles. The van der Waals surface area contributed by atoms with Crippen molar-refractivity contribution in [3.63, 3.8) is 0 Å². The second-order valence-electron chi connectivity index (χ2n) is 13.3. The number of aliphatic carboxylic acids is 1. The topological polar surface area (TPSA) is 215 Å². The predicted molar refractivity (Wildman–Crippen MR) is 184 cm³/mol. The van der Waals surface area contributed by atoms with Gasteiger partial charge < -0.3 is 23.7 Å². The Morgan fingerprint density at radius 3 is 1.96 bits per heavy atom. The van der Waals surface area contributed by atoms with E-state index in [0.29, 0.717) is 48.3 Å². The average molecular weight is 795 g/mol. The maximum absolute atomic E-state index is 11.8. The summed E-state index contributed by atoms with van der Waals surface area (Å²) in [6.07, 6.45) is 10.8. The van der Waals surface area contributed by atoms with Crippen LogP contribution in [0.3, 0.4) is 0 Å². The maximum Gasteiger partial charge on any atom is 1.00 e. The van der Waals surface area contributed by atoms with Gasteiger partial charge in [0, 0.05) is 59.6 Å². The molecule has 52 heavy (non-hydrogen) atoms. The minimum absolute atomic E-state index is 0. The molecule has 0 aromatic heterocycles. The molecule has 2 aliphatic rings. The number of allylic oxidation sites excluding steroid dienone is 6. The van der Waals surface area contributed by atoms with Crippen LogP contribution < -0.4 is 64.0 Å². The number of benzene rings is 2. The van der Waals surface area contributed by atoms with E-state index in [9.17, 15) is 43.7 Å². The van der Waals surface area contributed by atoms with E-state index < -0.39 is 57.8 Å². The Kier molecular flexibility index (Phi) is 16.0. The molecule has 272 valence electrons. The van der Waals surface area contributed by atoms with Crippen LogP contribution >= 0.6 is 0 Å². The number of nitrogens with zero attached hydrogens (tertiary/aromatic N) is 2. The fraction of sp³-hybridized carbons (Fsp3) is 0.412. The molecule has 0 spiro atoms. The first-order valence-electron chi connectivity index (χ1n) is 15.9. The Hall–Kier alpha value is -1.67. The van der Waals surface area contributed by atoms with Crippen molar-refractivity contribution in [1.29, 1.82) is 0 Å². The van der Waals surface area contributed by atoms with Crippen LogP contribution in [0.5, 0.6) is 0 Å². The first-order chi connectivity index (χ1) is 23.0. The summed E-state index contributed by atoms with van der Waals surface area (Å²) in [5, 5.41) is 8.99. The first kappa shape index (κ1) is 46.5. The Bertz CT molecular complexity index is 2140. The molecule has 18 heteroatoms. The van der Waals surface area contributed by atoms with Gasteiger partial charge in [-0.25, -0.2) is 25.3 Å². The minimum Gasteiger partial charge on any atom is -0.748 e. The Morgan fingerprint density at radius 1 is 0.788 bits per heavy atom. The molecule has 0 atom stereocenters. The van der Waals surface area contributed by atoms with Crippen molar-refractivity contribution in [2.45, 2.75) is 80.4 Å². The molecule has 1 N–H and O–H groups in total. The second-order valence-corrected chi connectivity index (χ2v) is 17.6. The van der Waals surface area contributed by atoms with Crippen molar-refractivity contribution in [3.05, 3.63) is 83.6 Å². The van der Waals surface area contributed by atoms with Crippen molar-refractivity contribution in [2.24, 2.45) is 0 Å². The molecule has 0 radical (unpaired) electrons. The number of rotatable bonds is 15. The summed E-state index contributed by atoms with van der Waals surface area (Å²) < 4.78 is 107. The number of carboxylic acids is 1. The van der Waals surface area contributed by atoms with E-state index in [4.69, 9.17) is 5.11 Å². The van der Waals surface area contributed by atoms with Gasteiger partial charge in [-0.2, -0.15) is 4.58 Å². The number of anilines is 1. The molecule has 13 nitrogen and oxygen atoms in total. The molecule has 0 aliphatic carbocycles. The molecule has 4 rings (SSSR count). The molecule has 0 fully saturated rings. The Morgan fingerprint density at radius 2 is 1.38 bits per heavy atom. The van der Waals surface area contributed by atoms with E-state index in [-0.39, 0.29) is 83.4 Å². The third-order valence-corrected chi connectivity index (χ3v) is 11.5. The normalized spacial score (nSPS) is 17.4. The van der Waals surface area contributed by atoms with Crippen LogP contribution in [-0.4, -0.2) is 79.1 Å². The van der Waals surface area contributed by atoms with E-state index in [2.05, 4.69) is 0 Å². The van der Waals surface area contributed by atoms with Crippen LogP contribution in [0.15, 0.2) is 82.3 Å². The first-order valence-corrected chi connectivity index (χ1v) is 20.3. The third-order valence-electron chi connectivity index (χ3n) is 9.08. The van der Waals surface area contributed by atoms with E-state index in [1.807, 2.05) is 38.7 Å². The van der Waals surface area contributed by atoms with Gasteiger partial charge in [-0.05, 0) is 68.7 Å². The smallest absolute Gasteiger partial charge is 0.748 e. The molecule has 0 unspecified atom stereocenters. The van der Waals surface area contributed by atoms with E-state index >= 15 is 0 Å². The summed E-state index contributed by atoms with van der Waals surface area (Å²) in [4.78, 5) is 12.3. The summed E-state index contributed by atoms with van der Waals surface area (Å²) in [7, 11) is -13.9. The molecular weight excluding hydrogens is 755 g/mol. The van der Waals surface area contributed by atoms with Crippen LogP contribution in [0.2, 0.25) is 0 Å². The van der Waals surface area contributed by atoms with Crippen LogP contribution in [0.1, 0.15) is 70.9 Å². The van der Waals surface area contributed by atoms with Gasteiger partial charge in [-0.3, -0.25) is 4.79 Å². The fourth-order valence-electron chi connectivity index (χ4n) is 6.58. The molecule has 0 bridgehead atoms. The van der Waals surface area contributed by atoms with Gasteiger partial charge in [0.15, 0.2) is 5.71 Å². The zero-order valence-corrected chi connectivity index (χ0v) is 36.6. The summed E-state index contributed by atoms with van der Waals surface area (Å²) in [6.45, 7) is 8.17. The maximum atomic E-state index is 11.8. The average Bonchev–Trinajstić information content (AvgIpc) is 3.33. The summed E-state index contributed by atoms with van der Waals surface area (Å²) in [5.74, 6) is -1.46.